The van der Waals surface area contributed by atoms with E-state index in [0.29, 0.717) is 43.2 Å². The van der Waals surface area contributed by atoms with E-state index in [1.165, 1.54) is 0 Å². The SMILES string of the molecule is COc1ccc(-c2noc(CCC(=O)N3CCC4(CCN(C(=O)c5ccccc5-n5cccc5)CC4)C3)n2)cc1. The van der Waals surface area contributed by atoms with Gasteiger partial charge in [-0.1, -0.05) is 17.3 Å². The van der Waals surface area contributed by atoms with Crippen LogP contribution in [0.1, 0.15) is 41.9 Å². The molecule has 0 bridgehead atoms. The lowest BCUT2D eigenvalue weighted by atomic mass is 9.77. The molecular weight excluding hydrogens is 506 g/mol. The summed E-state index contributed by atoms with van der Waals surface area (Å²) in [4.78, 5) is 34.9. The van der Waals surface area contributed by atoms with Crippen LogP contribution in [0.2, 0.25) is 0 Å². The fraction of sp³-hybridized carbons (Fsp3) is 0.355. The van der Waals surface area contributed by atoms with Crippen molar-refractivity contribution in [3.63, 3.8) is 0 Å². The third-order valence-electron chi connectivity index (χ3n) is 8.29. The zero-order valence-electron chi connectivity index (χ0n) is 22.7. The van der Waals surface area contributed by atoms with Crippen molar-refractivity contribution >= 4 is 11.8 Å². The molecule has 2 amide bonds. The van der Waals surface area contributed by atoms with Crippen LogP contribution in [-0.4, -0.2) is 69.6 Å². The van der Waals surface area contributed by atoms with Crippen LogP contribution in [0, 0.1) is 5.41 Å². The van der Waals surface area contributed by atoms with Crippen molar-refractivity contribution in [2.75, 3.05) is 33.3 Å². The van der Waals surface area contributed by atoms with Crippen molar-refractivity contribution < 1.29 is 18.8 Å². The quantitative estimate of drug-likeness (QED) is 0.340. The molecule has 0 saturated carbocycles. The first-order chi connectivity index (χ1) is 19.5. The van der Waals surface area contributed by atoms with Gasteiger partial charge in [0.05, 0.1) is 18.4 Å². The first kappa shape index (κ1) is 25.9. The molecule has 2 aliphatic rings. The van der Waals surface area contributed by atoms with Crippen molar-refractivity contribution in [3.05, 3.63) is 84.5 Å². The van der Waals surface area contributed by atoms with Gasteiger partial charge in [-0.15, -0.1) is 0 Å². The minimum absolute atomic E-state index is 0.0682. The smallest absolute Gasteiger partial charge is 0.255 e. The first-order valence-electron chi connectivity index (χ1n) is 13.8. The van der Waals surface area contributed by atoms with Gasteiger partial charge in [0, 0.05) is 57.0 Å². The number of nitrogens with zero attached hydrogens (tertiary/aromatic N) is 5. The molecule has 0 atom stereocenters. The van der Waals surface area contributed by atoms with Crippen LogP contribution in [0.4, 0.5) is 0 Å². The average molecular weight is 540 g/mol. The number of methoxy groups -OCH3 is 1. The van der Waals surface area contributed by atoms with Crippen molar-refractivity contribution in [1.29, 1.82) is 0 Å². The molecule has 4 heterocycles. The van der Waals surface area contributed by atoms with Crippen molar-refractivity contribution in [3.8, 4) is 22.8 Å². The maximum atomic E-state index is 13.5. The van der Waals surface area contributed by atoms with Gasteiger partial charge in [0.1, 0.15) is 5.75 Å². The Morgan fingerprint density at radius 3 is 2.35 bits per heavy atom. The number of hydrogen-bond donors (Lipinski definition) is 0. The van der Waals surface area contributed by atoms with Crippen LogP contribution >= 0.6 is 0 Å². The molecule has 4 aromatic rings. The molecule has 2 aliphatic heterocycles. The second-order valence-corrected chi connectivity index (χ2v) is 10.7. The molecule has 2 saturated heterocycles. The number of hydrogen-bond acceptors (Lipinski definition) is 6. The first-order valence-corrected chi connectivity index (χ1v) is 13.8. The molecule has 6 rings (SSSR count). The van der Waals surface area contributed by atoms with E-state index in [0.717, 1.165) is 49.4 Å². The zero-order chi connectivity index (χ0) is 27.5. The summed E-state index contributed by atoms with van der Waals surface area (Å²) < 4.78 is 12.6. The maximum Gasteiger partial charge on any atom is 0.255 e. The monoisotopic (exact) mass is 539 g/mol. The van der Waals surface area contributed by atoms with Crippen molar-refractivity contribution in [2.45, 2.75) is 32.1 Å². The number of para-hydroxylation sites is 1. The number of piperidine rings is 1. The zero-order valence-corrected chi connectivity index (χ0v) is 22.7. The summed E-state index contributed by atoms with van der Waals surface area (Å²) in [5, 5.41) is 4.06. The summed E-state index contributed by atoms with van der Waals surface area (Å²) in [6.45, 7) is 2.91. The summed E-state index contributed by atoms with van der Waals surface area (Å²) in [5.74, 6) is 1.90. The summed E-state index contributed by atoms with van der Waals surface area (Å²) >= 11 is 0. The molecule has 9 nitrogen and oxygen atoms in total. The normalized spacial score (nSPS) is 16.4. The standard InChI is InChI=1S/C31H33N5O4/c1-39-24-10-8-23(9-11-24)29-32-27(40-33-29)12-13-28(37)36-21-16-31(22-36)14-19-35(20-15-31)30(38)25-6-2-3-7-26(25)34-17-4-5-18-34/h2-11,17-18H,12-16,19-22H2,1H3. The Morgan fingerprint density at radius 2 is 1.62 bits per heavy atom. The van der Waals surface area contributed by atoms with E-state index >= 15 is 0 Å². The third-order valence-corrected chi connectivity index (χ3v) is 8.29. The lowest BCUT2D eigenvalue weighted by Gasteiger charge is -2.39. The number of ether oxygens (including phenoxy) is 1. The highest BCUT2D eigenvalue weighted by atomic mass is 16.5. The predicted octanol–water partition coefficient (Wildman–Crippen LogP) is 4.62. The van der Waals surface area contributed by atoms with Crippen LogP contribution in [0.25, 0.3) is 17.1 Å². The summed E-state index contributed by atoms with van der Waals surface area (Å²) in [6, 6.07) is 19.1. The summed E-state index contributed by atoms with van der Waals surface area (Å²) in [6.07, 6.45) is 7.45. The molecule has 0 N–H and O–H groups in total. The maximum absolute atomic E-state index is 13.5. The molecule has 9 heteroatoms. The van der Waals surface area contributed by atoms with Crippen LogP contribution in [0.15, 0.2) is 77.6 Å². The predicted molar refractivity (Wildman–Crippen MR) is 149 cm³/mol. The van der Waals surface area contributed by atoms with E-state index in [9.17, 15) is 9.59 Å². The number of aromatic nitrogens is 3. The lowest BCUT2D eigenvalue weighted by Crippen LogP contribution is -2.45. The Bertz CT molecular complexity index is 1470. The van der Waals surface area contributed by atoms with Gasteiger partial charge in [0.25, 0.3) is 5.91 Å². The Morgan fingerprint density at radius 1 is 0.925 bits per heavy atom. The number of carbonyl (C=O) groups is 2. The fourth-order valence-electron chi connectivity index (χ4n) is 5.87. The fourth-order valence-corrected chi connectivity index (χ4v) is 5.87. The second kappa shape index (κ2) is 11.0. The van der Waals surface area contributed by atoms with Crippen LogP contribution in [-0.2, 0) is 11.2 Å². The molecule has 2 aromatic heterocycles. The highest BCUT2D eigenvalue weighted by molar-refractivity contribution is 5.97. The minimum Gasteiger partial charge on any atom is -0.497 e. The molecule has 1 spiro atoms. The summed E-state index contributed by atoms with van der Waals surface area (Å²) in [5.41, 5.74) is 2.53. The molecule has 0 radical (unpaired) electrons. The lowest BCUT2D eigenvalue weighted by molar-refractivity contribution is -0.130. The molecule has 40 heavy (non-hydrogen) atoms. The molecule has 2 aromatic carbocycles. The van der Waals surface area contributed by atoms with Crippen LogP contribution in [0.5, 0.6) is 5.75 Å². The number of carbonyl (C=O) groups excluding carboxylic acids is 2. The highest BCUT2D eigenvalue weighted by Gasteiger charge is 2.42. The van der Waals surface area contributed by atoms with E-state index < -0.39 is 0 Å². The Balaban J connectivity index is 1.01. The third kappa shape index (κ3) is 5.23. The Kier molecular flexibility index (Phi) is 7.11. The molecule has 0 aliphatic carbocycles. The minimum atomic E-state index is 0.0682. The van der Waals surface area contributed by atoms with Crippen molar-refractivity contribution in [2.24, 2.45) is 5.41 Å². The Hall–Kier alpha value is -4.40. The number of amides is 2. The number of rotatable bonds is 7. The molecule has 2 fully saturated rings. The topological polar surface area (TPSA) is 93.7 Å². The highest BCUT2D eigenvalue weighted by Crippen LogP contribution is 2.41. The number of likely N-dealkylation sites (tertiary alicyclic amines) is 2. The van der Waals surface area contributed by atoms with E-state index in [1.54, 1.807) is 7.11 Å². The Labute approximate surface area is 233 Å². The van der Waals surface area contributed by atoms with Crippen LogP contribution < -0.4 is 4.74 Å². The van der Waals surface area contributed by atoms with E-state index in [2.05, 4.69) is 10.1 Å². The van der Waals surface area contributed by atoms with Gasteiger partial charge in [-0.05, 0) is 73.2 Å². The van der Waals surface area contributed by atoms with Gasteiger partial charge in [0.15, 0.2) is 0 Å². The average Bonchev–Trinajstić information content (AvgIpc) is 3.78. The van der Waals surface area contributed by atoms with Gasteiger partial charge >= 0.3 is 0 Å². The largest absolute Gasteiger partial charge is 0.497 e. The van der Waals surface area contributed by atoms with E-state index in [-0.39, 0.29) is 17.2 Å². The summed E-state index contributed by atoms with van der Waals surface area (Å²) in [7, 11) is 1.62. The van der Waals surface area contributed by atoms with Gasteiger partial charge in [0.2, 0.25) is 17.6 Å². The van der Waals surface area contributed by atoms with Gasteiger partial charge in [-0.3, -0.25) is 9.59 Å². The van der Waals surface area contributed by atoms with Gasteiger partial charge in [-0.25, -0.2) is 0 Å². The second-order valence-electron chi connectivity index (χ2n) is 10.7. The van der Waals surface area contributed by atoms with Crippen molar-refractivity contribution in [1.82, 2.24) is 24.5 Å². The molecular formula is C31H33N5O4. The molecule has 206 valence electrons. The van der Waals surface area contributed by atoms with Crippen LogP contribution in [0.3, 0.4) is 0 Å². The van der Waals surface area contributed by atoms with Gasteiger partial charge in [-0.2, -0.15) is 4.98 Å². The van der Waals surface area contributed by atoms with E-state index in [4.69, 9.17) is 9.26 Å². The van der Waals surface area contributed by atoms with Gasteiger partial charge < -0.3 is 23.6 Å². The van der Waals surface area contributed by atoms with E-state index in [1.807, 2.05) is 87.4 Å². The molecule has 0 unspecified atom stereocenters. The number of benzene rings is 2. The number of aryl methyl sites for hydroxylation is 1.